The van der Waals surface area contributed by atoms with Crippen molar-refractivity contribution in [2.45, 2.75) is 57.6 Å². The Balaban J connectivity index is 1.99. The van der Waals surface area contributed by atoms with Crippen LogP contribution in [-0.2, 0) is 4.74 Å². The van der Waals surface area contributed by atoms with E-state index in [0.29, 0.717) is 0 Å². The molecular weight excluding hydrogens is 216 g/mol. The van der Waals surface area contributed by atoms with Gasteiger partial charge >= 0.3 is 6.09 Å². The van der Waals surface area contributed by atoms with Crippen LogP contribution in [0, 0.1) is 0 Å². The second kappa shape index (κ2) is 4.48. The van der Waals surface area contributed by atoms with Crippen LogP contribution in [0.5, 0.6) is 0 Å². The predicted octanol–water partition coefficient (Wildman–Crippen LogP) is 2.14. The molecule has 98 valence electrons. The predicted molar refractivity (Wildman–Crippen MR) is 67.0 cm³/mol. The van der Waals surface area contributed by atoms with Crippen molar-refractivity contribution in [2.24, 2.45) is 0 Å². The number of carbonyl (C=O) groups is 1. The van der Waals surface area contributed by atoms with Crippen LogP contribution in [0.2, 0.25) is 0 Å². The number of likely N-dealkylation sites (tertiary alicyclic amines) is 1. The van der Waals surface area contributed by atoms with Crippen molar-refractivity contribution in [3.63, 3.8) is 0 Å². The normalized spacial score (nSPS) is 29.7. The molecule has 2 aliphatic rings. The molecule has 2 fully saturated rings. The van der Waals surface area contributed by atoms with Crippen molar-refractivity contribution in [1.82, 2.24) is 10.2 Å². The van der Waals surface area contributed by atoms with Gasteiger partial charge < -0.3 is 15.0 Å². The summed E-state index contributed by atoms with van der Waals surface area (Å²) >= 11 is 0. The van der Waals surface area contributed by atoms with E-state index in [-0.39, 0.29) is 11.6 Å². The highest BCUT2D eigenvalue weighted by Gasteiger charge is 2.48. The molecule has 1 unspecified atom stereocenters. The SMILES string of the molecule is CC(C)(C)OC(=O)N1CCC12CCCCNC2. The number of ether oxygens (including phenoxy) is 1. The van der Waals surface area contributed by atoms with Gasteiger partial charge in [-0.15, -0.1) is 0 Å². The maximum absolute atomic E-state index is 12.1. The Labute approximate surface area is 104 Å². The molecule has 2 heterocycles. The second-order valence-corrected chi connectivity index (χ2v) is 6.24. The third-order valence-corrected chi connectivity index (χ3v) is 3.69. The van der Waals surface area contributed by atoms with E-state index in [1.807, 2.05) is 25.7 Å². The molecule has 2 rings (SSSR count). The van der Waals surface area contributed by atoms with E-state index >= 15 is 0 Å². The van der Waals surface area contributed by atoms with Crippen molar-refractivity contribution in [1.29, 1.82) is 0 Å². The van der Waals surface area contributed by atoms with Gasteiger partial charge in [0.1, 0.15) is 5.60 Å². The summed E-state index contributed by atoms with van der Waals surface area (Å²) in [6.45, 7) is 8.60. The molecular formula is C13H24N2O2. The first-order chi connectivity index (χ1) is 7.93. The average Bonchev–Trinajstić information content (AvgIpc) is 2.38. The van der Waals surface area contributed by atoms with Crippen molar-refractivity contribution >= 4 is 6.09 Å². The molecule has 0 aromatic carbocycles. The highest BCUT2D eigenvalue weighted by atomic mass is 16.6. The van der Waals surface area contributed by atoms with E-state index in [9.17, 15) is 4.79 Å². The van der Waals surface area contributed by atoms with E-state index in [0.717, 1.165) is 32.5 Å². The lowest BCUT2D eigenvalue weighted by Gasteiger charge is -2.52. The Morgan fingerprint density at radius 1 is 1.29 bits per heavy atom. The molecule has 0 bridgehead atoms. The van der Waals surface area contributed by atoms with Gasteiger partial charge in [-0.3, -0.25) is 0 Å². The quantitative estimate of drug-likeness (QED) is 0.705. The summed E-state index contributed by atoms with van der Waals surface area (Å²) in [7, 11) is 0. The van der Waals surface area contributed by atoms with Gasteiger partial charge in [0.15, 0.2) is 0 Å². The van der Waals surface area contributed by atoms with E-state index in [4.69, 9.17) is 4.74 Å². The zero-order chi connectivity index (χ0) is 12.5. The number of hydrogen-bond acceptors (Lipinski definition) is 3. The number of rotatable bonds is 0. The minimum Gasteiger partial charge on any atom is -0.444 e. The van der Waals surface area contributed by atoms with Gasteiger partial charge in [0, 0.05) is 13.1 Å². The fraction of sp³-hybridized carbons (Fsp3) is 0.923. The molecule has 17 heavy (non-hydrogen) atoms. The molecule has 1 atom stereocenters. The molecule has 2 saturated heterocycles. The molecule has 0 radical (unpaired) electrons. The van der Waals surface area contributed by atoms with Crippen LogP contribution < -0.4 is 5.32 Å². The third-order valence-electron chi connectivity index (χ3n) is 3.69. The highest BCUT2D eigenvalue weighted by Crippen LogP contribution is 2.37. The van der Waals surface area contributed by atoms with E-state index in [2.05, 4.69) is 5.32 Å². The maximum atomic E-state index is 12.1. The molecule has 0 saturated carbocycles. The molecule has 0 aromatic heterocycles. The molecule has 1 spiro atoms. The molecule has 1 amide bonds. The Morgan fingerprint density at radius 2 is 2.06 bits per heavy atom. The van der Waals surface area contributed by atoms with Gasteiger partial charge in [0.05, 0.1) is 5.54 Å². The fourth-order valence-corrected chi connectivity index (χ4v) is 2.70. The molecule has 2 aliphatic heterocycles. The van der Waals surface area contributed by atoms with Crippen LogP contribution in [0.1, 0.15) is 46.5 Å². The lowest BCUT2D eigenvalue weighted by Crippen LogP contribution is -2.66. The average molecular weight is 240 g/mol. The van der Waals surface area contributed by atoms with Crippen LogP contribution in [0.4, 0.5) is 4.79 Å². The van der Waals surface area contributed by atoms with Crippen molar-refractivity contribution in [3.05, 3.63) is 0 Å². The van der Waals surface area contributed by atoms with Gasteiger partial charge in [0.25, 0.3) is 0 Å². The molecule has 4 nitrogen and oxygen atoms in total. The summed E-state index contributed by atoms with van der Waals surface area (Å²) in [6, 6.07) is 0. The first kappa shape index (κ1) is 12.7. The minimum atomic E-state index is -0.397. The lowest BCUT2D eigenvalue weighted by molar-refractivity contribution is -0.0458. The summed E-state index contributed by atoms with van der Waals surface area (Å²) in [5, 5.41) is 3.44. The summed E-state index contributed by atoms with van der Waals surface area (Å²) in [4.78, 5) is 14.0. The van der Waals surface area contributed by atoms with E-state index in [1.165, 1.54) is 12.8 Å². The van der Waals surface area contributed by atoms with Crippen molar-refractivity contribution < 1.29 is 9.53 Å². The van der Waals surface area contributed by atoms with Crippen LogP contribution in [0.25, 0.3) is 0 Å². The Morgan fingerprint density at radius 3 is 2.65 bits per heavy atom. The lowest BCUT2D eigenvalue weighted by atomic mass is 9.81. The Bertz CT molecular complexity index is 288. The highest BCUT2D eigenvalue weighted by molar-refractivity contribution is 5.70. The third kappa shape index (κ3) is 2.73. The second-order valence-electron chi connectivity index (χ2n) is 6.24. The van der Waals surface area contributed by atoms with E-state index < -0.39 is 5.60 Å². The Kier molecular flexibility index (Phi) is 3.34. The van der Waals surface area contributed by atoms with Crippen molar-refractivity contribution in [3.8, 4) is 0 Å². The van der Waals surface area contributed by atoms with E-state index in [1.54, 1.807) is 0 Å². The monoisotopic (exact) mass is 240 g/mol. The minimum absolute atomic E-state index is 0.0405. The van der Waals surface area contributed by atoms with Crippen LogP contribution in [0.15, 0.2) is 0 Å². The number of nitrogens with one attached hydrogen (secondary N) is 1. The zero-order valence-corrected chi connectivity index (χ0v) is 11.2. The molecule has 1 N–H and O–H groups in total. The van der Waals surface area contributed by atoms with Gasteiger partial charge in [0.2, 0.25) is 0 Å². The van der Waals surface area contributed by atoms with Crippen LogP contribution >= 0.6 is 0 Å². The van der Waals surface area contributed by atoms with Crippen LogP contribution in [0.3, 0.4) is 0 Å². The summed E-state index contributed by atoms with van der Waals surface area (Å²) in [5.74, 6) is 0. The molecule has 4 heteroatoms. The van der Waals surface area contributed by atoms with Gasteiger partial charge in [-0.2, -0.15) is 0 Å². The summed E-state index contributed by atoms with van der Waals surface area (Å²) in [6.07, 6.45) is 4.49. The molecule has 0 aromatic rings. The maximum Gasteiger partial charge on any atom is 0.410 e. The Hall–Kier alpha value is -0.770. The number of hydrogen-bond donors (Lipinski definition) is 1. The first-order valence-electron chi connectivity index (χ1n) is 6.64. The summed E-state index contributed by atoms with van der Waals surface area (Å²) < 4.78 is 5.47. The smallest absolute Gasteiger partial charge is 0.410 e. The standard InChI is InChI=1S/C13H24N2O2/c1-12(2,3)17-11(16)15-9-7-13(15)6-4-5-8-14-10-13/h14H,4-10H2,1-3H3. The topological polar surface area (TPSA) is 41.6 Å². The number of nitrogens with zero attached hydrogens (tertiary/aromatic N) is 1. The van der Waals surface area contributed by atoms with Crippen molar-refractivity contribution in [2.75, 3.05) is 19.6 Å². The summed E-state index contributed by atoms with van der Waals surface area (Å²) in [5.41, 5.74) is -0.356. The van der Waals surface area contributed by atoms with Crippen LogP contribution in [-0.4, -0.2) is 41.8 Å². The molecule has 0 aliphatic carbocycles. The zero-order valence-electron chi connectivity index (χ0n) is 11.2. The number of amides is 1. The van der Waals surface area contributed by atoms with Gasteiger partial charge in [-0.05, 0) is 53.0 Å². The van der Waals surface area contributed by atoms with Gasteiger partial charge in [-0.1, -0.05) is 0 Å². The largest absolute Gasteiger partial charge is 0.444 e. The fourth-order valence-electron chi connectivity index (χ4n) is 2.70. The van der Waals surface area contributed by atoms with Gasteiger partial charge in [-0.25, -0.2) is 4.79 Å². The number of carbonyl (C=O) groups excluding carboxylic acids is 1. The first-order valence-corrected chi connectivity index (χ1v) is 6.64.